The SMILES string of the molecule is NC(=O)C1(C2=CC(CNC(=O)c3ccc(Cl)s3)=CC(N3CCOC3)C2=O)CCNCC1. The summed E-state index contributed by atoms with van der Waals surface area (Å²) < 4.78 is 5.99. The molecule has 0 radical (unpaired) electrons. The zero-order chi connectivity index (χ0) is 22.0. The summed E-state index contributed by atoms with van der Waals surface area (Å²) in [6.07, 6.45) is 4.53. The molecule has 8 nitrogen and oxygen atoms in total. The number of thiophene rings is 1. The standard InChI is InChI=1S/C21H25ClN4O4S/c22-17-2-1-16(31-17)19(28)25-11-13-9-14(21(20(23)29)3-5-24-6-4-21)18(27)15(10-13)26-7-8-30-12-26/h1-2,9-10,15,24H,3-8,11-12H2,(H2,23,29)(H,25,28). The first-order valence-corrected chi connectivity index (χ1v) is 11.4. The Balaban J connectivity index is 1.62. The highest BCUT2D eigenvalue weighted by Gasteiger charge is 2.47. The molecule has 2 amide bonds. The van der Waals surface area contributed by atoms with Crippen LogP contribution in [0.15, 0.2) is 35.4 Å². The van der Waals surface area contributed by atoms with Crippen molar-refractivity contribution in [2.75, 3.05) is 39.5 Å². The second kappa shape index (κ2) is 9.22. The molecule has 2 aliphatic heterocycles. The van der Waals surface area contributed by atoms with Gasteiger partial charge >= 0.3 is 0 Å². The predicted molar refractivity (Wildman–Crippen MR) is 118 cm³/mol. The van der Waals surface area contributed by atoms with Gasteiger partial charge in [0.1, 0.15) is 0 Å². The van der Waals surface area contributed by atoms with Crippen LogP contribution < -0.4 is 16.4 Å². The Kier molecular flexibility index (Phi) is 6.59. The minimum atomic E-state index is -1.01. The summed E-state index contributed by atoms with van der Waals surface area (Å²) in [5.74, 6) is -0.841. The number of piperidine rings is 1. The van der Waals surface area contributed by atoms with E-state index in [1.807, 2.05) is 11.0 Å². The van der Waals surface area contributed by atoms with Crippen LogP contribution in [0, 0.1) is 5.41 Å². The van der Waals surface area contributed by atoms with Gasteiger partial charge in [0.15, 0.2) is 5.78 Å². The lowest BCUT2D eigenvalue weighted by Crippen LogP contribution is -2.52. The molecule has 4 N–H and O–H groups in total. The van der Waals surface area contributed by atoms with Crippen molar-refractivity contribution in [3.05, 3.63) is 44.6 Å². The molecule has 0 aromatic carbocycles. The number of amides is 2. The summed E-state index contributed by atoms with van der Waals surface area (Å²) in [6, 6.07) is 2.80. The number of nitrogens with two attached hydrogens (primary N) is 1. The Labute approximate surface area is 189 Å². The fourth-order valence-corrected chi connectivity index (χ4v) is 5.31. The predicted octanol–water partition coefficient (Wildman–Crippen LogP) is 1.08. The number of primary amides is 1. The first-order chi connectivity index (χ1) is 14.9. The van der Waals surface area contributed by atoms with Crippen molar-refractivity contribution in [1.82, 2.24) is 15.5 Å². The van der Waals surface area contributed by atoms with Crippen molar-refractivity contribution >= 4 is 40.5 Å². The second-order valence-corrected chi connectivity index (χ2v) is 9.66. The van der Waals surface area contributed by atoms with E-state index in [9.17, 15) is 14.4 Å². The normalized spacial score (nSPS) is 23.9. The van der Waals surface area contributed by atoms with Crippen LogP contribution in [0.25, 0.3) is 0 Å². The van der Waals surface area contributed by atoms with Gasteiger partial charge < -0.3 is 21.1 Å². The van der Waals surface area contributed by atoms with Crippen molar-refractivity contribution in [3.63, 3.8) is 0 Å². The van der Waals surface area contributed by atoms with Gasteiger partial charge in [0.25, 0.3) is 5.91 Å². The summed E-state index contributed by atoms with van der Waals surface area (Å²) in [7, 11) is 0. The smallest absolute Gasteiger partial charge is 0.261 e. The molecule has 0 saturated carbocycles. The minimum Gasteiger partial charge on any atom is -0.369 e. The maximum absolute atomic E-state index is 13.5. The molecule has 2 saturated heterocycles. The van der Waals surface area contributed by atoms with Crippen LogP contribution >= 0.6 is 22.9 Å². The highest BCUT2D eigenvalue weighted by molar-refractivity contribution is 7.18. The van der Waals surface area contributed by atoms with Crippen LogP contribution in [-0.4, -0.2) is 68.1 Å². The molecule has 1 aliphatic carbocycles. The minimum absolute atomic E-state index is 0.119. The first-order valence-electron chi connectivity index (χ1n) is 10.2. The molecular formula is C21H25ClN4O4S. The van der Waals surface area contributed by atoms with E-state index in [2.05, 4.69) is 10.6 Å². The van der Waals surface area contributed by atoms with Crippen LogP contribution in [0.1, 0.15) is 22.5 Å². The van der Waals surface area contributed by atoms with Gasteiger partial charge in [-0.1, -0.05) is 17.7 Å². The van der Waals surface area contributed by atoms with Gasteiger partial charge in [0.2, 0.25) is 5.91 Å². The lowest BCUT2D eigenvalue weighted by atomic mass is 9.68. The van der Waals surface area contributed by atoms with Crippen molar-refractivity contribution in [2.45, 2.75) is 18.9 Å². The molecule has 1 aromatic rings. The van der Waals surface area contributed by atoms with Gasteiger partial charge in [-0.15, -0.1) is 11.3 Å². The van der Waals surface area contributed by atoms with E-state index in [1.165, 1.54) is 11.3 Å². The third kappa shape index (κ3) is 4.47. The molecule has 4 rings (SSSR count). The zero-order valence-electron chi connectivity index (χ0n) is 17.0. The molecule has 10 heteroatoms. The molecule has 31 heavy (non-hydrogen) atoms. The van der Waals surface area contributed by atoms with E-state index in [4.69, 9.17) is 22.1 Å². The van der Waals surface area contributed by atoms with Crippen LogP contribution in [0.4, 0.5) is 0 Å². The molecule has 1 atom stereocenters. The number of hydrogen-bond acceptors (Lipinski definition) is 7. The molecule has 0 spiro atoms. The van der Waals surface area contributed by atoms with Crippen LogP contribution in [0.2, 0.25) is 4.34 Å². The molecule has 0 bridgehead atoms. The molecule has 1 aromatic heterocycles. The van der Waals surface area contributed by atoms with Crippen LogP contribution in [0.3, 0.4) is 0 Å². The maximum Gasteiger partial charge on any atom is 0.261 e. The number of nitrogens with zero attached hydrogens (tertiary/aromatic N) is 1. The third-order valence-corrected chi connectivity index (χ3v) is 7.33. The van der Waals surface area contributed by atoms with E-state index in [1.54, 1.807) is 18.2 Å². The van der Waals surface area contributed by atoms with Gasteiger partial charge in [-0.2, -0.15) is 0 Å². The van der Waals surface area contributed by atoms with E-state index in [0.29, 0.717) is 60.6 Å². The Morgan fingerprint density at radius 3 is 2.74 bits per heavy atom. The van der Waals surface area contributed by atoms with Crippen molar-refractivity contribution in [3.8, 4) is 0 Å². The summed E-state index contributed by atoms with van der Waals surface area (Å²) in [4.78, 5) is 41.0. The molecule has 2 fully saturated rings. The lowest BCUT2D eigenvalue weighted by molar-refractivity contribution is -0.131. The fraction of sp³-hybridized carbons (Fsp3) is 0.476. The molecule has 3 heterocycles. The average molecular weight is 465 g/mol. The van der Waals surface area contributed by atoms with E-state index < -0.39 is 17.4 Å². The largest absolute Gasteiger partial charge is 0.369 e. The highest BCUT2D eigenvalue weighted by atomic mass is 35.5. The van der Waals surface area contributed by atoms with Gasteiger partial charge in [-0.25, -0.2) is 0 Å². The van der Waals surface area contributed by atoms with Crippen molar-refractivity contribution in [1.29, 1.82) is 0 Å². The Morgan fingerprint density at radius 1 is 1.35 bits per heavy atom. The van der Waals surface area contributed by atoms with Gasteiger partial charge in [0.05, 0.1) is 34.0 Å². The topological polar surface area (TPSA) is 114 Å². The summed E-state index contributed by atoms with van der Waals surface area (Å²) in [5.41, 5.74) is 6.03. The third-order valence-electron chi connectivity index (χ3n) is 6.10. The van der Waals surface area contributed by atoms with E-state index in [-0.39, 0.29) is 18.2 Å². The van der Waals surface area contributed by atoms with Crippen molar-refractivity contribution < 1.29 is 19.1 Å². The number of halogens is 1. The quantitative estimate of drug-likeness (QED) is 0.580. The van der Waals surface area contributed by atoms with Gasteiger partial charge in [-0.3, -0.25) is 19.3 Å². The number of ketones is 1. The number of hydrogen-bond donors (Lipinski definition) is 3. The number of carbonyl (C=O) groups is 3. The van der Waals surface area contributed by atoms with E-state index in [0.717, 1.165) is 5.57 Å². The Bertz CT molecular complexity index is 945. The van der Waals surface area contributed by atoms with Gasteiger partial charge in [-0.05, 0) is 49.7 Å². The number of carbonyl (C=O) groups excluding carboxylic acids is 3. The Morgan fingerprint density at radius 2 is 2.13 bits per heavy atom. The number of nitrogens with one attached hydrogen (secondary N) is 2. The maximum atomic E-state index is 13.5. The monoisotopic (exact) mass is 464 g/mol. The van der Waals surface area contributed by atoms with Crippen LogP contribution in [0.5, 0.6) is 0 Å². The summed E-state index contributed by atoms with van der Waals surface area (Å²) >= 11 is 7.13. The first kappa shape index (κ1) is 22.2. The van der Waals surface area contributed by atoms with Crippen LogP contribution in [-0.2, 0) is 14.3 Å². The fourth-order valence-electron chi connectivity index (χ4n) is 4.35. The summed E-state index contributed by atoms with van der Waals surface area (Å²) in [6.45, 7) is 2.97. The second-order valence-electron chi connectivity index (χ2n) is 7.94. The molecule has 3 aliphatic rings. The number of rotatable bonds is 6. The molecule has 166 valence electrons. The number of ether oxygens (including phenoxy) is 1. The van der Waals surface area contributed by atoms with E-state index >= 15 is 0 Å². The molecular weight excluding hydrogens is 440 g/mol. The zero-order valence-corrected chi connectivity index (χ0v) is 18.6. The summed E-state index contributed by atoms with van der Waals surface area (Å²) in [5, 5.41) is 6.11. The highest BCUT2D eigenvalue weighted by Crippen LogP contribution is 2.40. The Hall–Kier alpha value is -2.04. The number of Topliss-reactive ketones (excluding diaryl/α,β-unsaturated/α-hetero) is 1. The van der Waals surface area contributed by atoms with Gasteiger partial charge in [0, 0.05) is 18.7 Å². The van der Waals surface area contributed by atoms with Crippen molar-refractivity contribution in [2.24, 2.45) is 11.1 Å². The lowest BCUT2D eigenvalue weighted by Gasteiger charge is -2.39. The molecule has 1 unspecified atom stereocenters. The average Bonchev–Trinajstić information content (AvgIpc) is 3.45.